The third-order valence-electron chi connectivity index (χ3n) is 4.30. The average molecular weight is 248 g/mol. The summed E-state index contributed by atoms with van der Waals surface area (Å²) in [4.78, 5) is 2.48. The van der Waals surface area contributed by atoms with E-state index in [0.29, 0.717) is 5.92 Å². The van der Waals surface area contributed by atoms with Gasteiger partial charge in [0, 0.05) is 17.8 Å². The van der Waals surface area contributed by atoms with Gasteiger partial charge in [0.2, 0.25) is 0 Å². The number of hydrogen-bond donors (Lipinski definition) is 1. The molecule has 2 rings (SSSR count). The first-order valence-electron chi connectivity index (χ1n) is 6.71. The van der Waals surface area contributed by atoms with Crippen LogP contribution in [-0.2, 0) is 0 Å². The third-order valence-corrected chi connectivity index (χ3v) is 4.30. The maximum Gasteiger partial charge on any atom is 0.119 e. The third kappa shape index (κ3) is 2.32. The van der Waals surface area contributed by atoms with E-state index in [1.54, 1.807) is 7.11 Å². The fourth-order valence-corrected chi connectivity index (χ4v) is 2.99. The van der Waals surface area contributed by atoms with Crippen LogP contribution in [0.2, 0.25) is 0 Å². The molecule has 1 unspecified atom stereocenters. The van der Waals surface area contributed by atoms with Crippen molar-refractivity contribution in [2.75, 3.05) is 25.1 Å². The minimum atomic E-state index is 0.127. The first-order valence-corrected chi connectivity index (χ1v) is 6.71. The zero-order valence-electron chi connectivity index (χ0n) is 11.6. The summed E-state index contributed by atoms with van der Waals surface area (Å²) in [6, 6.07) is 8.33. The number of hydrogen-bond acceptors (Lipinski definition) is 3. The van der Waals surface area contributed by atoms with E-state index in [9.17, 15) is 0 Å². The first-order chi connectivity index (χ1) is 8.59. The molecule has 0 aliphatic carbocycles. The molecular formula is C15H24N2O. The van der Waals surface area contributed by atoms with E-state index in [2.05, 4.69) is 30.9 Å². The summed E-state index contributed by atoms with van der Waals surface area (Å²) in [6.45, 7) is 6.47. The van der Waals surface area contributed by atoms with E-state index in [-0.39, 0.29) is 5.54 Å². The molecule has 18 heavy (non-hydrogen) atoms. The molecule has 0 spiro atoms. The Hall–Kier alpha value is -1.22. The normalized spacial score (nSPS) is 22.9. The second kappa shape index (κ2) is 5.19. The van der Waals surface area contributed by atoms with Crippen molar-refractivity contribution in [1.29, 1.82) is 0 Å². The van der Waals surface area contributed by atoms with E-state index >= 15 is 0 Å². The first kappa shape index (κ1) is 13.2. The predicted molar refractivity (Wildman–Crippen MR) is 76.2 cm³/mol. The second-order valence-corrected chi connectivity index (χ2v) is 5.58. The van der Waals surface area contributed by atoms with Crippen LogP contribution in [0.3, 0.4) is 0 Å². The molecule has 1 aromatic rings. The maximum atomic E-state index is 5.92. The molecule has 0 bridgehead atoms. The summed E-state index contributed by atoms with van der Waals surface area (Å²) in [5, 5.41) is 0. The molecule has 0 amide bonds. The van der Waals surface area contributed by atoms with Crippen LogP contribution in [0.25, 0.3) is 0 Å². The Kier molecular flexibility index (Phi) is 3.81. The molecule has 1 aliphatic heterocycles. The molecule has 0 saturated carbocycles. The van der Waals surface area contributed by atoms with Crippen molar-refractivity contribution >= 4 is 5.69 Å². The highest BCUT2D eigenvalue weighted by molar-refractivity contribution is 5.51. The van der Waals surface area contributed by atoms with E-state index < -0.39 is 0 Å². The largest absolute Gasteiger partial charge is 0.497 e. The van der Waals surface area contributed by atoms with Crippen LogP contribution in [0.4, 0.5) is 5.69 Å². The standard InChI is InChI=1S/C15H24N2O/c1-15(2)12(11-16)5-4-10-17(15)13-6-8-14(18-3)9-7-13/h6-9,12H,4-5,10-11,16H2,1-3H3. The van der Waals surface area contributed by atoms with Crippen LogP contribution >= 0.6 is 0 Å². The summed E-state index contributed by atoms with van der Waals surface area (Å²) in [6.07, 6.45) is 2.45. The van der Waals surface area contributed by atoms with Gasteiger partial charge in [-0.15, -0.1) is 0 Å². The fraction of sp³-hybridized carbons (Fsp3) is 0.600. The average Bonchev–Trinajstić information content (AvgIpc) is 2.38. The fourth-order valence-electron chi connectivity index (χ4n) is 2.99. The lowest BCUT2D eigenvalue weighted by Gasteiger charge is -2.49. The van der Waals surface area contributed by atoms with Crippen LogP contribution < -0.4 is 15.4 Å². The van der Waals surface area contributed by atoms with Gasteiger partial charge in [-0.3, -0.25) is 0 Å². The van der Waals surface area contributed by atoms with Crippen molar-refractivity contribution in [2.45, 2.75) is 32.2 Å². The maximum absolute atomic E-state index is 5.92. The van der Waals surface area contributed by atoms with Gasteiger partial charge in [0.15, 0.2) is 0 Å². The quantitative estimate of drug-likeness (QED) is 0.893. The monoisotopic (exact) mass is 248 g/mol. The summed E-state index contributed by atoms with van der Waals surface area (Å²) in [7, 11) is 1.70. The molecule has 1 aromatic carbocycles. The number of rotatable bonds is 3. The smallest absolute Gasteiger partial charge is 0.119 e. The number of nitrogens with two attached hydrogens (primary N) is 1. The highest BCUT2D eigenvalue weighted by Gasteiger charge is 2.37. The molecule has 3 nitrogen and oxygen atoms in total. The zero-order valence-corrected chi connectivity index (χ0v) is 11.6. The number of nitrogens with zero attached hydrogens (tertiary/aromatic N) is 1. The molecule has 1 heterocycles. The Balaban J connectivity index is 2.24. The highest BCUT2D eigenvalue weighted by atomic mass is 16.5. The van der Waals surface area contributed by atoms with Crippen LogP contribution in [0.15, 0.2) is 24.3 Å². The van der Waals surface area contributed by atoms with Crippen LogP contribution in [0.5, 0.6) is 5.75 Å². The van der Waals surface area contributed by atoms with Gasteiger partial charge in [-0.1, -0.05) is 0 Å². The Morgan fingerprint density at radius 1 is 1.33 bits per heavy atom. The summed E-state index contributed by atoms with van der Waals surface area (Å²) in [5.41, 5.74) is 7.31. The van der Waals surface area contributed by atoms with Crippen molar-refractivity contribution in [2.24, 2.45) is 11.7 Å². The van der Waals surface area contributed by atoms with Crippen LogP contribution in [0.1, 0.15) is 26.7 Å². The molecule has 100 valence electrons. The van der Waals surface area contributed by atoms with Crippen molar-refractivity contribution in [1.82, 2.24) is 0 Å². The lowest BCUT2D eigenvalue weighted by atomic mass is 9.79. The molecule has 1 atom stereocenters. The van der Waals surface area contributed by atoms with Crippen LogP contribution in [-0.4, -0.2) is 25.7 Å². The molecule has 1 saturated heterocycles. The van der Waals surface area contributed by atoms with Crippen LogP contribution in [0, 0.1) is 5.92 Å². The van der Waals surface area contributed by atoms with Gasteiger partial charge in [-0.2, -0.15) is 0 Å². The minimum Gasteiger partial charge on any atom is -0.497 e. The lowest BCUT2D eigenvalue weighted by molar-refractivity contribution is 0.244. The summed E-state index contributed by atoms with van der Waals surface area (Å²) >= 11 is 0. The molecule has 2 N–H and O–H groups in total. The SMILES string of the molecule is COc1ccc(N2CCCC(CN)C2(C)C)cc1. The Labute approximate surface area is 110 Å². The molecule has 1 aliphatic rings. The number of benzene rings is 1. The molecule has 0 radical (unpaired) electrons. The summed E-state index contributed by atoms with van der Waals surface area (Å²) in [5.74, 6) is 1.47. The van der Waals surface area contributed by atoms with Gasteiger partial charge in [0.25, 0.3) is 0 Å². The number of piperidine rings is 1. The lowest BCUT2D eigenvalue weighted by Crippen LogP contribution is -2.55. The van der Waals surface area contributed by atoms with Gasteiger partial charge in [0.05, 0.1) is 7.11 Å². The number of anilines is 1. The van der Waals surface area contributed by atoms with Gasteiger partial charge >= 0.3 is 0 Å². The van der Waals surface area contributed by atoms with E-state index in [1.807, 2.05) is 12.1 Å². The van der Waals surface area contributed by atoms with Crippen molar-refractivity contribution < 1.29 is 4.74 Å². The van der Waals surface area contributed by atoms with Crippen molar-refractivity contribution in [3.05, 3.63) is 24.3 Å². The Morgan fingerprint density at radius 3 is 2.56 bits per heavy atom. The summed E-state index contributed by atoms with van der Waals surface area (Å²) < 4.78 is 5.21. The van der Waals surface area contributed by atoms with Crippen molar-refractivity contribution in [3.63, 3.8) is 0 Å². The second-order valence-electron chi connectivity index (χ2n) is 5.58. The molecule has 3 heteroatoms. The number of methoxy groups -OCH3 is 1. The van der Waals surface area contributed by atoms with Crippen molar-refractivity contribution in [3.8, 4) is 5.75 Å². The highest BCUT2D eigenvalue weighted by Crippen LogP contribution is 2.36. The van der Waals surface area contributed by atoms with E-state index in [1.165, 1.54) is 18.5 Å². The van der Waals surface area contributed by atoms with Gasteiger partial charge in [0.1, 0.15) is 5.75 Å². The minimum absolute atomic E-state index is 0.127. The topological polar surface area (TPSA) is 38.5 Å². The van der Waals surface area contributed by atoms with Gasteiger partial charge < -0.3 is 15.4 Å². The van der Waals surface area contributed by atoms with Gasteiger partial charge in [-0.25, -0.2) is 0 Å². The zero-order chi connectivity index (χ0) is 13.2. The Morgan fingerprint density at radius 2 is 2.00 bits per heavy atom. The van der Waals surface area contributed by atoms with E-state index in [0.717, 1.165) is 18.8 Å². The molecule has 1 fully saturated rings. The molecule has 0 aromatic heterocycles. The van der Waals surface area contributed by atoms with Gasteiger partial charge in [-0.05, 0) is 63.4 Å². The molecular weight excluding hydrogens is 224 g/mol. The Bertz CT molecular complexity index is 386. The van der Waals surface area contributed by atoms with E-state index in [4.69, 9.17) is 10.5 Å². The predicted octanol–water partition coefficient (Wildman–Crippen LogP) is 2.65. The number of ether oxygens (including phenoxy) is 1.